The standard InChI is InChI=1S/C20H24F2N4O2.ClH/c21-20(22)28-15-6-7-16-13(11-15)3-1-5-17(16)24-19(27)18-8-10-26(25-18)14-4-2-9-23-12-14;/h6-8,10-11,14,17,20,23H,1-5,9,12H2,(H,24,27);1H. The Morgan fingerprint density at radius 2 is 2.14 bits per heavy atom. The van der Waals surface area contributed by atoms with Crippen molar-refractivity contribution < 1.29 is 18.3 Å². The highest BCUT2D eigenvalue weighted by molar-refractivity contribution is 5.92. The highest BCUT2D eigenvalue weighted by Crippen LogP contribution is 2.32. The lowest BCUT2D eigenvalue weighted by molar-refractivity contribution is -0.0499. The first kappa shape index (κ1) is 21.5. The van der Waals surface area contributed by atoms with Crippen LogP contribution in [0.15, 0.2) is 30.5 Å². The second kappa shape index (κ2) is 9.54. The Morgan fingerprint density at radius 3 is 2.90 bits per heavy atom. The Hall–Kier alpha value is -2.19. The van der Waals surface area contributed by atoms with Gasteiger partial charge in [-0.25, -0.2) is 0 Å². The molecule has 2 N–H and O–H groups in total. The van der Waals surface area contributed by atoms with E-state index < -0.39 is 6.61 Å². The van der Waals surface area contributed by atoms with Gasteiger partial charge in [0.15, 0.2) is 0 Å². The average Bonchev–Trinajstić information content (AvgIpc) is 3.19. The molecule has 2 atom stereocenters. The van der Waals surface area contributed by atoms with Crippen molar-refractivity contribution >= 4 is 18.3 Å². The van der Waals surface area contributed by atoms with Crippen molar-refractivity contribution in [3.63, 3.8) is 0 Å². The van der Waals surface area contributed by atoms with Gasteiger partial charge in [0, 0.05) is 12.7 Å². The quantitative estimate of drug-likeness (QED) is 0.766. The van der Waals surface area contributed by atoms with Gasteiger partial charge in [0.25, 0.3) is 5.91 Å². The Morgan fingerprint density at radius 1 is 1.28 bits per heavy atom. The fourth-order valence-electron chi connectivity index (χ4n) is 4.07. The minimum Gasteiger partial charge on any atom is -0.435 e. The molecule has 158 valence electrons. The number of ether oxygens (including phenoxy) is 1. The molecule has 0 saturated carbocycles. The van der Waals surface area contributed by atoms with Crippen LogP contribution in [0.1, 0.15) is 59.4 Å². The summed E-state index contributed by atoms with van der Waals surface area (Å²) in [4.78, 5) is 12.7. The zero-order chi connectivity index (χ0) is 19.5. The lowest BCUT2D eigenvalue weighted by Gasteiger charge is -2.26. The molecule has 1 fully saturated rings. The van der Waals surface area contributed by atoms with Crippen LogP contribution in [0.3, 0.4) is 0 Å². The second-order valence-corrected chi connectivity index (χ2v) is 7.34. The molecule has 1 aliphatic carbocycles. The van der Waals surface area contributed by atoms with Gasteiger partial charge in [0.1, 0.15) is 11.4 Å². The number of carbonyl (C=O) groups excluding carboxylic acids is 1. The summed E-state index contributed by atoms with van der Waals surface area (Å²) in [6.45, 7) is -0.954. The number of halogens is 3. The Kier molecular flexibility index (Phi) is 7.08. The molecule has 4 rings (SSSR count). The number of alkyl halides is 2. The van der Waals surface area contributed by atoms with E-state index in [9.17, 15) is 13.6 Å². The number of aromatic nitrogens is 2. The van der Waals surface area contributed by atoms with Gasteiger partial charge < -0.3 is 15.4 Å². The van der Waals surface area contributed by atoms with Gasteiger partial charge in [-0.1, -0.05) is 6.07 Å². The topological polar surface area (TPSA) is 68.2 Å². The van der Waals surface area contributed by atoms with Crippen molar-refractivity contribution in [1.29, 1.82) is 0 Å². The van der Waals surface area contributed by atoms with E-state index in [0.717, 1.165) is 56.3 Å². The number of piperidine rings is 1. The van der Waals surface area contributed by atoms with Gasteiger partial charge in [-0.2, -0.15) is 13.9 Å². The van der Waals surface area contributed by atoms with E-state index >= 15 is 0 Å². The number of aryl methyl sites for hydroxylation is 1. The monoisotopic (exact) mass is 426 g/mol. The molecule has 2 aliphatic rings. The van der Waals surface area contributed by atoms with Crippen LogP contribution in [-0.4, -0.2) is 35.4 Å². The largest absolute Gasteiger partial charge is 0.435 e. The summed E-state index contributed by atoms with van der Waals surface area (Å²) in [5.74, 6) is -0.0613. The summed E-state index contributed by atoms with van der Waals surface area (Å²) < 4.78 is 31.2. The van der Waals surface area contributed by atoms with Crippen LogP contribution in [0.2, 0.25) is 0 Å². The molecule has 6 nitrogen and oxygen atoms in total. The Bertz CT molecular complexity index is 840. The molecule has 1 aromatic heterocycles. The van der Waals surface area contributed by atoms with Crippen molar-refractivity contribution in [3.05, 3.63) is 47.3 Å². The smallest absolute Gasteiger partial charge is 0.387 e. The predicted octanol–water partition coefficient (Wildman–Crippen LogP) is 3.64. The van der Waals surface area contributed by atoms with E-state index in [0.29, 0.717) is 5.69 Å². The summed E-state index contributed by atoms with van der Waals surface area (Å²) in [6, 6.07) is 6.80. The third kappa shape index (κ3) is 5.05. The van der Waals surface area contributed by atoms with E-state index in [2.05, 4.69) is 20.5 Å². The van der Waals surface area contributed by atoms with Gasteiger partial charge in [-0.05, 0) is 68.0 Å². The van der Waals surface area contributed by atoms with E-state index in [4.69, 9.17) is 0 Å². The summed E-state index contributed by atoms with van der Waals surface area (Å²) in [7, 11) is 0. The molecular weight excluding hydrogens is 402 g/mol. The van der Waals surface area contributed by atoms with Crippen LogP contribution in [0.25, 0.3) is 0 Å². The van der Waals surface area contributed by atoms with Crippen molar-refractivity contribution in [3.8, 4) is 5.75 Å². The molecule has 29 heavy (non-hydrogen) atoms. The zero-order valence-electron chi connectivity index (χ0n) is 15.9. The van der Waals surface area contributed by atoms with Gasteiger partial charge in [-0.15, -0.1) is 12.4 Å². The maximum atomic E-state index is 12.7. The molecule has 1 aromatic carbocycles. The van der Waals surface area contributed by atoms with Crippen LogP contribution in [-0.2, 0) is 6.42 Å². The highest BCUT2D eigenvalue weighted by Gasteiger charge is 2.24. The molecule has 1 saturated heterocycles. The third-order valence-electron chi connectivity index (χ3n) is 5.45. The van der Waals surface area contributed by atoms with E-state index in [1.807, 2.05) is 10.9 Å². The third-order valence-corrected chi connectivity index (χ3v) is 5.45. The summed E-state index contributed by atoms with van der Waals surface area (Å²) in [5, 5.41) is 10.9. The number of hydrogen-bond donors (Lipinski definition) is 2. The Balaban J connectivity index is 0.00000240. The lowest BCUT2D eigenvalue weighted by atomic mass is 9.87. The predicted molar refractivity (Wildman–Crippen MR) is 107 cm³/mol. The number of nitrogens with zero attached hydrogens (tertiary/aromatic N) is 2. The fourth-order valence-corrected chi connectivity index (χ4v) is 4.07. The second-order valence-electron chi connectivity index (χ2n) is 7.34. The summed E-state index contributed by atoms with van der Waals surface area (Å²) >= 11 is 0. The minimum absolute atomic E-state index is 0. The molecule has 0 bridgehead atoms. The number of rotatable bonds is 5. The van der Waals surface area contributed by atoms with Crippen molar-refractivity contribution in [1.82, 2.24) is 20.4 Å². The number of benzene rings is 1. The Labute approximate surface area is 174 Å². The molecule has 1 aliphatic heterocycles. The fraction of sp³-hybridized carbons (Fsp3) is 0.500. The number of hydrogen-bond acceptors (Lipinski definition) is 4. The maximum absolute atomic E-state index is 12.7. The van der Waals surface area contributed by atoms with Gasteiger partial charge in [0.05, 0.1) is 12.1 Å². The van der Waals surface area contributed by atoms with Crippen LogP contribution in [0.5, 0.6) is 5.75 Å². The zero-order valence-corrected chi connectivity index (χ0v) is 16.8. The molecule has 1 amide bonds. The highest BCUT2D eigenvalue weighted by atomic mass is 35.5. The number of carbonyl (C=O) groups is 1. The minimum atomic E-state index is -2.84. The van der Waals surface area contributed by atoms with E-state index in [1.165, 1.54) is 6.07 Å². The average molecular weight is 427 g/mol. The number of amides is 1. The lowest BCUT2D eigenvalue weighted by Crippen LogP contribution is -2.33. The first-order chi connectivity index (χ1) is 13.6. The molecule has 2 unspecified atom stereocenters. The molecule has 0 spiro atoms. The van der Waals surface area contributed by atoms with Crippen molar-refractivity contribution in [2.45, 2.75) is 50.8 Å². The summed E-state index contributed by atoms with van der Waals surface area (Å²) in [5.41, 5.74) is 2.29. The number of nitrogens with one attached hydrogen (secondary N) is 2. The van der Waals surface area contributed by atoms with Gasteiger partial charge in [-0.3, -0.25) is 9.48 Å². The maximum Gasteiger partial charge on any atom is 0.387 e. The normalized spacial score (nSPS) is 21.2. The van der Waals surface area contributed by atoms with E-state index in [1.54, 1.807) is 18.2 Å². The van der Waals surface area contributed by atoms with Crippen LogP contribution in [0, 0.1) is 0 Å². The van der Waals surface area contributed by atoms with Crippen molar-refractivity contribution in [2.24, 2.45) is 0 Å². The van der Waals surface area contributed by atoms with E-state index in [-0.39, 0.29) is 36.1 Å². The summed E-state index contributed by atoms with van der Waals surface area (Å²) in [6.07, 6.45) is 6.47. The SMILES string of the molecule is Cl.O=C(NC1CCCc2cc(OC(F)F)ccc21)c1ccn(C2CCCNC2)n1. The van der Waals surface area contributed by atoms with Crippen LogP contribution >= 0.6 is 12.4 Å². The molecular formula is C20H25ClF2N4O2. The molecule has 9 heteroatoms. The molecule has 2 aromatic rings. The van der Waals surface area contributed by atoms with Gasteiger partial charge in [0.2, 0.25) is 0 Å². The molecule has 0 radical (unpaired) electrons. The number of fused-ring (bicyclic) bond motifs is 1. The van der Waals surface area contributed by atoms with Crippen LogP contribution < -0.4 is 15.4 Å². The van der Waals surface area contributed by atoms with Crippen molar-refractivity contribution in [2.75, 3.05) is 13.1 Å². The first-order valence-electron chi connectivity index (χ1n) is 9.74. The first-order valence-corrected chi connectivity index (χ1v) is 9.74. The molecule has 2 heterocycles. The van der Waals surface area contributed by atoms with Gasteiger partial charge >= 0.3 is 6.61 Å². The van der Waals surface area contributed by atoms with Crippen LogP contribution in [0.4, 0.5) is 8.78 Å².